The first-order valence-corrected chi connectivity index (χ1v) is 7.11. The number of ether oxygens (including phenoxy) is 1. The fourth-order valence-corrected chi connectivity index (χ4v) is 2.21. The summed E-state index contributed by atoms with van der Waals surface area (Å²) in [4.78, 5) is 0. The SMILES string of the molecule is CCOc1cc(C)c(CNC2CC2)cc1C(C)C. The average molecular weight is 247 g/mol. The number of rotatable bonds is 6. The highest BCUT2D eigenvalue weighted by Crippen LogP contribution is 2.30. The van der Waals surface area contributed by atoms with Crippen LogP contribution in [0.5, 0.6) is 5.75 Å². The lowest BCUT2D eigenvalue weighted by Crippen LogP contribution is -2.16. The van der Waals surface area contributed by atoms with E-state index in [2.05, 4.69) is 38.2 Å². The van der Waals surface area contributed by atoms with Gasteiger partial charge < -0.3 is 10.1 Å². The molecule has 0 bridgehead atoms. The maximum Gasteiger partial charge on any atom is 0.123 e. The van der Waals surface area contributed by atoms with Crippen LogP contribution in [0.3, 0.4) is 0 Å². The van der Waals surface area contributed by atoms with Crippen molar-refractivity contribution in [3.8, 4) is 5.75 Å². The normalized spacial score (nSPS) is 15.2. The van der Waals surface area contributed by atoms with Crippen LogP contribution in [0.2, 0.25) is 0 Å². The summed E-state index contributed by atoms with van der Waals surface area (Å²) in [5, 5.41) is 3.59. The quantitative estimate of drug-likeness (QED) is 0.826. The summed E-state index contributed by atoms with van der Waals surface area (Å²) in [6, 6.07) is 5.28. The maximum atomic E-state index is 5.75. The minimum atomic E-state index is 0.506. The highest BCUT2D eigenvalue weighted by Gasteiger charge is 2.20. The Morgan fingerprint density at radius 2 is 2.06 bits per heavy atom. The molecule has 0 unspecified atom stereocenters. The lowest BCUT2D eigenvalue weighted by atomic mass is 9.96. The molecule has 0 radical (unpaired) electrons. The monoisotopic (exact) mass is 247 g/mol. The Kier molecular flexibility index (Phi) is 4.28. The van der Waals surface area contributed by atoms with E-state index in [9.17, 15) is 0 Å². The van der Waals surface area contributed by atoms with Crippen molar-refractivity contribution in [3.63, 3.8) is 0 Å². The zero-order chi connectivity index (χ0) is 13.1. The zero-order valence-electron chi connectivity index (χ0n) is 12.0. The van der Waals surface area contributed by atoms with Gasteiger partial charge in [0.15, 0.2) is 0 Å². The molecule has 0 aromatic heterocycles. The van der Waals surface area contributed by atoms with Crippen molar-refractivity contribution in [2.45, 2.75) is 59.0 Å². The highest BCUT2D eigenvalue weighted by atomic mass is 16.5. The predicted octanol–water partition coefficient (Wildman–Crippen LogP) is 3.77. The van der Waals surface area contributed by atoms with Crippen molar-refractivity contribution < 1.29 is 4.74 Å². The predicted molar refractivity (Wildman–Crippen MR) is 76.3 cm³/mol. The van der Waals surface area contributed by atoms with Gasteiger partial charge in [-0.3, -0.25) is 0 Å². The number of benzene rings is 1. The van der Waals surface area contributed by atoms with Crippen molar-refractivity contribution in [2.75, 3.05) is 6.61 Å². The van der Waals surface area contributed by atoms with Crippen molar-refractivity contribution in [1.29, 1.82) is 0 Å². The second kappa shape index (κ2) is 5.75. The largest absolute Gasteiger partial charge is 0.494 e. The second-order valence-corrected chi connectivity index (χ2v) is 5.56. The molecule has 2 rings (SSSR count). The van der Waals surface area contributed by atoms with E-state index < -0.39 is 0 Å². The Hall–Kier alpha value is -1.02. The molecule has 1 aromatic carbocycles. The summed E-state index contributed by atoms with van der Waals surface area (Å²) >= 11 is 0. The van der Waals surface area contributed by atoms with Crippen LogP contribution in [0.15, 0.2) is 12.1 Å². The standard InChI is InChI=1S/C16H25NO/c1-5-18-16-8-12(4)13(9-15(16)11(2)3)10-17-14-6-7-14/h8-9,11,14,17H,5-7,10H2,1-4H3. The van der Waals surface area contributed by atoms with E-state index in [0.29, 0.717) is 5.92 Å². The van der Waals surface area contributed by atoms with Gasteiger partial charge in [0, 0.05) is 12.6 Å². The Bertz CT molecular complexity index is 408. The molecule has 1 fully saturated rings. The molecule has 0 saturated heterocycles. The van der Waals surface area contributed by atoms with Gasteiger partial charge in [0.2, 0.25) is 0 Å². The minimum absolute atomic E-state index is 0.506. The van der Waals surface area contributed by atoms with Crippen LogP contribution in [0.4, 0.5) is 0 Å². The molecule has 1 N–H and O–H groups in total. The zero-order valence-corrected chi connectivity index (χ0v) is 12.0. The van der Waals surface area contributed by atoms with E-state index in [4.69, 9.17) is 4.74 Å². The molecule has 0 atom stereocenters. The van der Waals surface area contributed by atoms with Crippen LogP contribution < -0.4 is 10.1 Å². The molecule has 1 saturated carbocycles. The highest BCUT2D eigenvalue weighted by molar-refractivity contribution is 5.44. The molecule has 18 heavy (non-hydrogen) atoms. The Balaban J connectivity index is 2.20. The molecule has 2 nitrogen and oxygen atoms in total. The topological polar surface area (TPSA) is 21.3 Å². The molecule has 0 aliphatic heterocycles. The van der Waals surface area contributed by atoms with E-state index in [1.165, 1.54) is 29.5 Å². The molecular formula is C16H25NO. The van der Waals surface area contributed by atoms with Crippen LogP contribution in [-0.4, -0.2) is 12.6 Å². The Labute approximate surface area is 111 Å². The Morgan fingerprint density at radius 3 is 2.61 bits per heavy atom. The number of hydrogen-bond acceptors (Lipinski definition) is 2. The van der Waals surface area contributed by atoms with E-state index in [-0.39, 0.29) is 0 Å². The fraction of sp³-hybridized carbons (Fsp3) is 0.625. The van der Waals surface area contributed by atoms with Crippen LogP contribution in [-0.2, 0) is 6.54 Å². The van der Waals surface area contributed by atoms with Gasteiger partial charge in [-0.2, -0.15) is 0 Å². The van der Waals surface area contributed by atoms with Crippen LogP contribution >= 0.6 is 0 Å². The van der Waals surface area contributed by atoms with Gasteiger partial charge in [-0.1, -0.05) is 19.9 Å². The second-order valence-electron chi connectivity index (χ2n) is 5.56. The number of aryl methyl sites for hydroxylation is 1. The molecule has 0 spiro atoms. The van der Waals surface area contributed by atoms with Gasteiger partial charge in [0.1, 0.15) is 5.75 Å². The molecule has 1 aliphatic rings. The summed E-state index contributed by atoms with van der Waals surface area (Å²) in [5.41, 5.74) is 4.07. The molecule has 2 heteroatoms. The smallest absolute Gasteiger partial charge is 0.123 e. The van der Waals surface area contributed by atoms with Gasteiger partial charge in [-0.15, -0.1) is 0 Å². The summed E-state index contributed by atoms with van der Waals surface area (Å²) in [6.07, 6.45) is 2.68. The lowest BCUT2D eigenvalue weighted by molar-refractivity contribution is 0.335. The molecule has 0 amide bonds. The van der Waals surface area contributed by atoms with Gasteiger partial charge in [0.25, 0.3) is 0 Å². The van der Waals surface area contributed by atoms with Gasteiger partial charge >= 0.3 is 0 Å². The van der Waals surface area contributed by atoms with Gasteiger partial charge in [-0.05, 0) is 55.4 Å². The summed E-state index contributed by atoms with van der Waals surface area (Å²) in [6.45, 7) is 10.4. The van der Waals surface area contributed by atoms with Gasteiger partial charge in [-0.25, -0.2) is 0 Å². The molecular weight excluding hydrogens is 222 g/mol. The van der Waals surface area contributed by atoms with Crippen LogP contribution in [0, 0.1) is 6.92 Å². The van der Waals surface area contributed by atoms with E-state index >= 15 is 0 Å². The first-order valence-electron chi connectivity index (χ1n) is 7.11. The average Bonchev–Trinajstić information content (AvgIpc) is 3.11. The van der Waals surface area contributed by atoms with Crippen molar-refractivity contribution in [3.05, 3.63) is 28.8 Å². The van der Waals surface area contributed by atoms with E-state index in [1.807, 2.05) is 6.92 Å². The third-order valence-corrected chi connectivity index (χ3v) is 3.55. The molecule has 1 aromatic rings. The van der Waals surface area contributed by atoms with Crippen LogP contribution in [0.25, 0.3) is 0 Å². The Morgan fingerprint density at radius 1 is 1.33 bits per heavy atom. The van der Waals surface area contributed by atoms with E-state index in [1.54, 1.807) is 0 Å². The minimum Gasteiger partial charge on any atom is -0.494 e. The maximum absolute atomic E-state index is 5.75. The summed E-state index contributed by atoms with van der Waals surface area (Å²) in [5.74, 6) is 1.56. The third-order valence-electron chi connectivity index (χ3n) is 3.55. The van der Waals surface area contributed by atoms with Crippen molar-refractivity contribution in [2.24, 2.45) is 0 Å². The first kappa shape index (κ1) is 13.4. The van der Waals surface area contributed by atoms with E-state index in [0.717, 1.165) is 24.9 Å². The molecule has 1 aliphatic carbocycles. The number of nitrogens with one attached hydrogen (secondary N) is 1. The summed E-state index contributed by atoms with van der Waals surface area (Å²) < 4.78 is 5.75. The fourth-order valence-electron chi connectivity index (χ4n) is 2.21. The molecule has 100 valence electrons. The number of hydrogen-bond donors (Lipinski definition) is 1. The van der Waals surface area contributed by atoms with Gasteiger partial charge in [0.05, 0.1) is 6.61 Å². The summed E-state index contributed by atoms with van der Waals surface area (Å²) in [7, 11) is 0. The third kappa shape index (κ3) is 3.26. The van der Waals surface area contributed by atoms with Crippen LogP contribution in [0.1, 0.15) is 56.2 Å². The van der Waals surface area contributed by atoms with Crippen molar-refractivity contribution in [1.82, 2.24) is 5.32 Å². The lowest BCUT2D eigenvalue weighted by Gasteiger charge is -2.17. The van der Waals surface area contributed by atoms with Crippen molar-refractivity contribution >= 4 is 0 Å². The molecule has 0 heterocycles. The first-order chi connectivity index (χ1) is 8.61.